The fraction of sp³-hybridized carbons (Fsp3) is 1.00. The van der Waals surface area contributed by atoms with E-state index in [1.54, 1.807) is 0 Å². The normalized spacial score (nSPS) is 10.2. The maximum Gasteiger partial charge on any atom is 1.00 e. The summed E-state index contributed by atoms with van der Waals surface area (Å²) in [6.45, 7) is 1.33. The summed E-state index contributed by atoms with van der Waals surface area (Å²) in [5.41, 5.74) is 0. The van der Waals surface area contributed by atoms with E-state index in [4.69, 9.17) is 0 Å². The molecule has 0 saturated carbocycles. The van der Waals surface area contributed by atoms with Crippen LogP contribution >= 0.6 is 0 Å². The van der Waals surface area contributed by atoms with E-state index in [0.717, 1.165) is 0 Å². The molecule has 0 radical (unpaired) electrons. The zero-order valence-corrected chi connectivity index (χ0v) is 10.5. The minimum absolute atomic E-state index is 0. The van der Waals surface area contributed by atoms with Crippen LogP contribution in [0.2, 0.25) is 0 Å². The SMILES string of the molecule is CCOS(=O)(=O)[O-].[Rb+]. The smallest absolute Gasteiger partial charge is 0.726 e. The Morgan fingerprint density at radius 1 is 1.62 bits per heavy atom. The van der Waals surface area contributed by atoms with Gasteiger partial charge in [0.1, 0.15) is 0 Å². The maximum absolute atomic E-state index is 9.45. The Bertz CT molecular complexity index is 127. The molecule has 0 aromatic carbocycles. The largest absolute Gasteiger partial charge is 1.00 e. The molecule has 0 aliphatic heterocycles. The number of hydrogen-bond donors (Lipinski definition) is 0. The number of rotatable bonds is 2. The minimum Gasteiger partial charge on any atom is -0.726 e. The molecule has 0 aliphatic carbocycles. The first-order chi connectivity index (χ1) is 3.06. The van der Waals surface area contributed by atoms with E-state index in [1.807, 2.05) is 0 Å². The fourth-order valence-electron chi connectivity index (χ4n) is 0.144. The second-order valence-corrected chi connectivity index (χ2v) is 1.87. The first kappa shape index (κ1) is 12.4. The summed E-state index contributed by atoms with van der Waals surface area (Å²) in [5.74, 6) is 0. The van der Waals surface area contributed by atoms with Crippen LogP contribution in [0.25, 0.3) is 0 Å². The molecule has 0 N–H and O–H groups in total. The predicted molar refractivity (Wildman–Crippen MR) is 21.3 cm³/mol. The summed E-state index contributed by atoms with van der Waals surface area (Å²) in [7, 11) is -4.42. The van der Waals surface area contributed by atoms with Crippen molar-refractivity contribution in [2.45, 2.75) is 6.92 Å². The zero-order valence-electron chi connectivity index (χ0n) is 4.75. The molecule has 0 aliphatic rings. The van der Waals surface area contributed by atoms with Crippen LogP contribution in [0.15, 0.2) is 0 Å². The van der Waals surface area contributed by atoms with Crippen molar-refractivity contribution in [3.8, 4) is 0 Å². The van der Waals surface area contributed by atoms with Gasteiger partial charge >= 0.3 is 58.2 Å². The third-order valence-electron chi connectivity index (χ3n) is 0.262. The van der Waals surface area contributed by atoms with Gasteiger partial charge in [0.2, 0.25) is 10.4 Å². The van der Waals surface area contributed by atoms with E-state index in [0.29, 0.717) is 0 Å². The van der Waals surface area contributed by atoms with Gasteiger partial charge < -0.3 is 4.55 Å². The van der Waals surface area contributed by atoms with Crippen LogP contribution in [0.5, 0.6) is 0 Å². The summed E-state index contributed by atoms with van der Waals surface area (Å²) < 4.78 is 32.0. The van der Waals surface area contributed by atoms with Crippen LogP contribution in [0.1, 0.15) is 6.92 Å². The Morgan fingerprint density at radius 2 is 2.00 bits per heavy atom. The molecule has 0 heterocycles. The van der Waals surface area contributed by atoms with Crippen molar-refractivity contribution < 1.29 is 75.3 Å². The molecular formula is C2H5O4RbS. The molecule has 0 unspecified atom stereocenters. The summed E-state index contributed by atoms with van der Waals surface area (Å²) in [6, 6.07) is 0. The molecule has 0 saturated heterocycles. The molecule has 0 aromatic heterocycles. The van der Waals surface area contributed by atoms with Crippen molar-refractivity contribution in [3.63, 3.8) is 0 Å². The van der Waals surface area contributed by atoms with Crippen molar-refractivity contribution in [2.75, 3.05) is 6.61 Å². The molecule has 4 nitrogen and oxygen atoms in total. The molecule has 0 fully saturated rings. The minimum atomic E-state index is -4.42. The first-order valence-electron chi connectivity index (χ1n) is 1.66. The van der Waals surface area contributed by atoms with Gasteiger partial charge in [0, 0.05) is 0 Å². The van der Waals surface area contributed by atoms with Gasteiger partial charge in [-0.2, -0.15) is 0 Å². The third kappa shape index (κ3) is 10.6. The molecule has 44 valence electrons. The average Bonchev–Trinajstić information content (AvgIpc) is 1.30. The predicted octanol–water partition coefficient (Wildman–Crippen LogP) is -3.51. The van der Waals surface area contributed by atoms with Crippen LogP contribution in [0.3, 0.4) is 0 Å². The monoisotopic (exact) mass is 210 g/mol. The fourth-order valence-corrected chi connectivity index (χ4v) is 0.433. The Hall–Kier alpha value is 1.68. The summed E-state index contributed by atoms with van der Waals surface area (Å²) in [4.78, 5) is 0. The van der Waals surface area contributed by atoms with Gasteiger partial charge in [-0.25, -0.2) is 8.42 Å². The van der Waals surface area contributed by atoms with E-state index < -0.39 is 10.4 Å². The van der Waals surface area contributed by atoms with Crippen molar-refractivity contribution in [3.05, 3.63) is 0 Å². The van der Waals surface area contributed by atoms with Crippen LogP contribution in [-0.4, -0.2) is 19.6 Å². The Balaban J connectivity index is 0. The van der Waals surface area contributed by atoms with Crippen LogP contribution in [-0.2, 0) is 14.6 Å². The van der Waals surface area contributed by atoms with Crippen LogP contribution in [0.4, 0.5) is 0 Å². The quantitative estimate of drug-likeness (QED) is 0.350. The molecule has 0 atom stereocenters. The van der Waals surface area contributed by atoms with E-state index in [2.05, 4.69) is 4.18 Å². The summed E-state index contributed by atoms with van der Waals surface area (Å²) in [5, 5.41) is 0. The topological polar surface area (TPSA) is 66.4 Å². The van der Waals surface area contributed by atoms with Crippen molar-refractivity contribution in [2.24, 2.45) is 0 Å². The molecule has 8 heavy (non-hydrogen) atoms. The summed E-state index contributed by atoms with van der Waals surface area (Å²) >= 11 is 0. The third-order valence-corrected chi connectivity index (χ3v) is 0.787. The number of hydrogen-bond acceptors (Lipinski definition) is 4. The van der Waals surface area contributed by atoms with Gasteiger partial charge in [0.15, 0.2) is 0 Å². The Morgan fingerprint density at radius 3 is 2.00 bits per heavy atom. The molecule has 6 heteroatoms. The van der Waals surface area contributed by atoms with Crippen molar-refractivity contribution in [1.29, 1.82) is 0 Å². The van der Waals surface area contributed by atoms with E-state index >= 15 is 0 Å². The van der Waals surface area contributed by atoms with Gasteiger partial charge in [-0.15, -0.1) is 0 Å². The van der Waals surface area contributed by atoms with Gasteiger partial charge in [0.05, 0.1) is 6.61 Å². The molecule has 0 rings (SSSR count). The van der Waals surface area contributed by atoms with Gasteiger partial charge in [-0.3, -0.25) is 4.18 Å². The zero-order chi connectivity index (χ0) is 5.91. The first-order valence-corrected chi connectivity index (χ1v) is 3.00. The van der Waals surface area contributed by atoms with Crippen molar-refractivity contribution in [1.82, 2.24) is 0 Å². The van der Waals surface area contributed by atoms with Gasteiger partial charge in [-0.1, -0.05) is 0 Å². The molecular weight excluding hydrogens is 206 g/mol. The standard InChI is InChI=1S/C2H6O4S.Rb/c1-2-6-7(3,4)5;/h2H2,1H3,(H,3,4,5);/q;+1/p-1. The van der Waals surface area contributed by atoms with Crippen molar-refractivity contribution >= 4 is 10.4 Å². The van der Waals surface area contributed by atoms with E-state index in [1.165, 1.54) is 6.92 Å². The Labute approximate surface area is 97.3 Å². The molecule has 0 spiro atoms. The van der Waals surface area contributed by atoms with Gasteiger partial charge in [-0.05, 0) is 6.92 Å². The molecule has 0 bridgehead atoms. The maximum atomic E-state index is 9.45. The molecule has 0 aromatic rings. The van der Waals surface area contributed by atoms with Crippen LogP contribution in [0, 0.1) is 0 Å². The summed E-state index contributed by atoms with van der Waals surface area (Å²) in [6.07, 6.45) is 0. The van der Waals surface area contributed by atoms with E-state index in [9.17, 15) is 13.0 Å². The average molecular weight is 211 g/mol. The van der Waals surface area contributed by atoms with Crippen LogP contribution < -0.4 is 58.2 Å². The van der Waals surface area contributed by atoms with E-state index in [-0.39, 0.29) is 64.8 Å². The van der Waals surface area contributed by atoms with Gasteiger partial charge in [0.25, 0.3) is 0 Å². The Kier molecular flexibility index (Phi) is 8.44. The second kappa shape index (κ2) is 5.46. The second-order valence-electron chi connectivity index (χ2n) is 0.815. The molecule has 0 amide bonds.